The van der Waals surface area contributed by atoms with E-state index in [0.717, 1.165) is 34.0 Å². The van der Waals surface area contributed by atoms with Crippen molar-refractivity contribution in [2.45, 2.75) is 6.42 Å². The van der Waals surface area contributed by atoms with Crippen molar-refractivity contribution < 1.29 is 9.15 Å². The summed E-state index contributed by atoms with van der Waals surface area (Å²) in [4.78, 5) is 0. The van der Waals surface area contributed by atoms with Crippen LogP contribution in [0.25, 0.3) is 22.5 Å². The molecule has 0 unspecified atom stereocenters. The summed E-state index contributed by atoms with van der Waals surface area (Å²) in [5.41, 5.74) is 4.49. The molecular formula is C25H21O2+. The lowest BCUT2D eigenvalue weighted by Crippen LogP contribution is -1.95. The van der Waals surface area contributed by atoms with Gasteiger partial charge < -0.3 is 4.74 Å². The summed E-state index contributed by atoms with van der Waals surface area (Å²) in [7, 11) is 1.70. The summed E-state index contributed by atoms with van der Waals surface area (Å²) >= 11 is 0. The minimum atomic E-state index is 0.671. The van der Waals surface area contributed by atoms with Crippen LogP contribution in [-0.4, -0.2) is 7.11 Å². The molecule has 2 nitrogen and oxygen atoms in total. The fourth-order valence-electron chi connectivity index (χ4n) is 3.22. The van der Waals surface area contributed by atoms with Crippen molar-refractivity contribution in [1.82, 2.24) is 0 Å². The van der Waals surface area contributed by atoms with Crippen LogP contribution in [0, 0.1) is 0 Å². The normalized spacial score (nSPS) is 10.6. The monoisotopic (exact) mass is 353 g/mol. The third kappa shape index (κ3) is 3.90. The van der Waals surface area contributed by atoms with Crippen molar-refractivity contribution >= 4 is 0 Å². The minimum absolute atomic E-state index is 0.671. The molecule has 27 heavy (non-hydrogen) atoms. The van der Waals surface area contributed by atoms with E-state index in [2.05, 4.69) is 54.6 Å². The van der Waals surface area contributed by atoms with Crippen LogP contribution in [0.1, 0.15) is 11.3 Å². The highest BCUT2D eigenvalue weighted by Gasteiger charge is 2.20. The fourth-order valence-corrected chi connectivity index (χ4v) is 3.22. The summed E-state index contributed by atoms with van der Waals surface area (Å²) in [6, 6.07) is 32.9. The van der Waals surface area contributed by atoms with Crippen molar-refractivity contribution in [2.75, 3.05) is 7.11 Å². The molecule has 0 bridgehead atoms. The number of ether oxygens (including phenoxy) is 1. The van der Waals surface area contributed by atoms with Crippen LogP contribution in [0.4, 0.5) is 0 Å². The van der Waals surface area contributed by atoms with Crippen LogP contribution in [0.15, 0.2) is 101 Å². The number of rotatable bonds is 5. The summed E-state index contributed by atoms with van der Waals surface area (Å²) < 4.78 is 11.8. The molecule has 0 N–H and O–H groups in total. The second-order valence-electron chi connectivity index (χ2n) is 6.40. The van der Waals surface area contributed by atoms with Crippen LogP contribution < -0.4 is 4.74 Å². The summed E-state index contributed by atoms with van der Waals surface area (Å²) in [5, 5.41) is 0. The van der Waals surface area contributed by atoms with E-state index in [4.69, 9.17) is 9.15 Å². The van der Waals surface area contributed by atoms with Crippen LogP contribution in [0.3, 0.4) is 0 Å². The topological polar surface area (TPSA) is 20.5 Å². The zero-order valence-corrected chi connectivity index (χ0v) is 15.3. The Bertz CT molecular complexity index is 967. The molecule has 0 radical (unpaired) electrons. The van der Waals surface area contributed by atoms with Gasteiger partial charge >= 0.3 is 11.5 Å². The van der Waals surface area contributed by atoms with Crippen molar-refractivity contribution in [3.8, 4) is 28.2 Å². The number of para-hydroxylation sites is 1. The molecule has 0 fully saturated rings. The largest absolute Gasteiger partial charge is 0.496 e. The van der Waals surface area contributed by atoms with Gasteiger partial charge in [0.1, 0.15) is 5.75 Å². The molecule has 132 valence electrons. The van der Waals surface area contributed by atoms with E-state index < -0.39 is 0 Å². The third-order valence-electron chi connectivity index (χ3n) is 4.57. The van der Waals surface area contributed by atoms with Crippen LogP contribution in [0.2, 0.25) is 0 Å². The van der Waals surface area contributed by atoms with Crippen molar-refractivity contribution in [3.05, 3.63) is 108 Å². The number of hydrogen-bond acceptors (Lipinski definition) is 1. The van der Waals surface area contributed by atoms with Gasteiger partial charge in [-0.05, 0) is 23.8 Å². The molecule has 0 aliphatic rings. The van der Waals surface area contributed by atoms with E-state index in [1.54, 1.807) is 7.11 Å². The lowest BCUT2D eigenvalue weighted by Gasteiger charge is -2.06. The predicted molar refractivity (Wildman–Crippen MR) is 110 cm³/mol. The zero-order chi connectivity index (χ0) is 18.5. The molecule has 1 aromatic heterocycles. The lowest BCUT2D eigenvalue weighted by atomic mass is 10.0. The standard InChI is InChI=1S/C25H21O2/c1-26-24-15-9-8-14-21(24)16-23-17-22(19-10-4-2-5-11-19)18-25(27-23)20-12-6-3-7-13-20/h2-15,17-18H,16H2,1H3/q+1. The van der Waals surface area contributed by atoms with E-state index in [-0.39, 0.29) is 0 Å². The van der Waals surface area contributed by atoms with Gasteiger partial charge in [-0.25, -0.2) is 4.42 Å². The van der Waals surface area contributed by atoms with Crippen LogP contribution >= 0.6 is 0 Å². The minimum Gasteiger partial charge on any atom is -0.496 e. The van der Waals surface area contributed by atoms with Gasteiger partial charge in [-0.2, -0.15) is 0 Å². The number of benzene rings is 3. The fraction of sp³-hybridized carbons (Fsp3) is 0.0800. The predicted octanol–water partition coefficient (Wildman–Crippen LogP) is 6.49. The van der Waals surface area contributed by atoms with Crippen molar-refractivity contribution in [3.63, 3.8) is 0 Å². The highest BCUT2D eigenvalue weighted by atomic mass is 16.5. The second kappa shape index (κ2) is 7.88. The first-order valence-corrected chi connectivity index (χ1v) is 9.03. The first-order chi connectivity index (χ1) is 13.3. The van der Waals surface area contributed by atoms with Gasteiger partial charge in [0.2, 0.25) is 0 Å². The van der Waals surface area contributed by atoms with Gasteiger partial charge in [0.05, 0.1) is 25.2 Å². The van der Waals surface area contributed by atoms with E-state index in [1.807, 2.05) is 42.5 Å². The van der Waals surface area contributed by atoms with Crippen LogP contribution in [-0.2, 0) is 6.42 Å². The molecule has 0 atom stereocenters. The Hall–Kier alpha value is -3.39. The van der Waals surface area contributed by atoms with Crippen molar-refractivity contribution in [2.24, 2.45) is 0 Å². The molecule has 0 spiro atoms. The Kier molecular flexibility index (Phi) is 4.97. The molecule has 0 aliphatic heterocycles. The molecule has 4 rings (SSSR count). The molecule has 0 saturated carbocycles. The van der Waals surface area contributed by atoms with Gasteiger partial charge in [0.25, 0.3) is 0 Å². The first-order valence-electron chi connectivity index (χ1n) is 9.03. The Morgan fingerprint density at radius 2 is 1.30 bits per heavy atom. The Morgan fingerprint density at radius 3 is 2.00 bits per heavy atom. The molecule has 3 aromatic carbocycles. The Labute approximate surface area is 159 Å². The lowest BCUT2D eigenvalue weighted by molar-refractivity contribution is 0.408. The Morgan fingerprint density at radius 1 is 0.667 bits per heavy atom. The maximum atomic E-state index is 6.27. The molecule has 1 heterocycles. The quantitative estimate of drug-likeness (QED) is 0.382. The summed E-state index contributed by atoms with van der Waals surface area (Å²) in [6.45, 7) is 0. The molecule has 2 heteroatoms. The van der Waals surface area contributed by atoms with Gasteiger partial charge in [-0.15, -0.1) is 0 Å². The molecule has 0 saturated heterocycles. The average Bonchev–Trinajstić information content (AvgIpc) is 2.75. The van der Waals surface area contributed by atoms with Crippen molar-refractivity contribution in [1.29, 1.82) is 0 Å². The molecule has 4 aromatic rings. The highest BCUT2D eigenvalue weighted by Crippen LogP contribution is 2.30. The van der Waals surface area contributed by atoms with E-state index in [0.29, 0.717) is 6.42 Å². The maximum absolute atomic E-state index is 6.27. The van der Waals surface area contributed by atoms with Gasteiger partial charge in [0.15, 0.2) is 0 Å². The number of methoxy groups -OCH3 is 1. The van der Waals surface area contributed by atoms with Crippen LogP contribution in [0.5, 0.6) is 5.75 Å². The highest BCUT2D eigenvalue weighted by molar-refractivity contribution is 5.69. The molecule has 0 amide bonds. The molecular weight excluding hydrogens is 332 g/mol. The van der Waals surface area contributed by atoms with Gasteiger partial charge in [-0.1, -0.05) is 66.7 Å². The Balaban J connectivity index is 1.81. The average molecular weight is 353 g/mol. The van der Waals surface area contributed by atoms with E-state index in [9.17, 15) is 0 Å². The number of hydrogen-bond donors (Lipinski definition) is 0. The molecule has 0 aliphatic carbocycles. The maximum Gasteiger partial charge on any atom is 0.360 e. The zero-order valence-electron chi connectivity index (χ0n) is 15.3. The van der Waals surface area contributed by atoms with Gasteiger partial charge in [0, 0.05) is 17.2 Å². The summed E-state index contributed by atoms with van der Waals surface area (Å²) in [6.07, 6.45) is 0.671. The third-order valence-corrected chi connectivity index (χ3v) is 4.57. The van der Waals surface area contributed by atoms with E-state index >= 15 is 0 Å². The first kappa shape index (κ1) is 17.0. The summed E-state index contributed by atoms with van der Waals surface area (Å²) in [5.74, 6) is 2.64. The second-order valence-corrected chi connectivity index (χ2v) is 6.40. The van der Waals surface area contributed by atoms with Gasteiger partial charge in [-0.3, -0.25) is 0 Å². The smallest absolute Gasteiger partial charge is 0.360 e. The SMILES string of the molecule is COc1ccccc1Cc1cc(-c2ccccc2)cc(-c2ccccc2)[o+]1. The van der Waals surface area contributed by atoms with E-state index in [1.165, 1.54) is 5.56 Å².